The van der Waals surface area contributed by atoms with Gasteiger partial charge in [0.25, 0.3) is 0 Å². The van der Waals surface area contributed by atoms with E-state index in [9.17, 15) is 0 Å². The molecule has 0 unspecified atom stereocenters. The van der Waals surface area contributed by atoms with E-state index < -0.39 is 16.5 Å². The van der Waals surface area contributed by atoms with Gasteiger partial charge in [0.05, 0.1) is 0 Å². The summed E-state index contributed by atoms with van der Waals surface area (Å²) < 4.78 is 3.74. The van der Waals surface area contributed by atoms with E-state index in [1.807, 2.05) is 0 Å². The molecule has 0 spiro atoms. The summed E-state index contributed by atoms with van der Waals surface area (Å²) in [4.78, 5) is 1.50. The van der Waals surface area contributed by atoms with Crippen LogP contribution in [0.3, 0.4) is 0 Å². The SMILES string of the molecule is C[Si](C)(C)N[Si](C)(C)C.[K+].[N-]=[N+]=[N-]. The van der Waals surface area contributed by atoms with Crippen molar-refractivity contribution >= 4 is 16.5 Å². The smallest absolute Gasteiger partial charge is 0.373 e. The maximum atomic E-state index is 6.75. The van der Waals surface area contributed by atoms with E-state index in [0.717, 1.165) is 0 Å². The second kappa shape index (κ2) is 8.63. The molecule has 0 aromatic rings. The Morgan fingerprint density at radius 3 is 1.00 bits per heavy atom. The Balaban J connectivity index is -0.000000220. The van der Waals surface area contributed by atoms with Crippen molar-refractivity contribution in [3.05, 3.63) is 16.0 Å². The Kier molecular flexibility index (Phi) is 13.2. The van der Waals surface area contributed by atoms with Crippen LogP contribution < -0.4 is 56.0 Å². The minimum absolute atomic E-state index is 0. The van der Waals surface area contributed by atoms with Gasteiger partial charge in [0.1, 0.15) is 16.5 Å². The fourth-order valence-corrected chi connectivity index (χ4v) is 10.1. The van der Waals surface area contributed by atoms with E-state index in [-0.39, 0.29) is 51.4 Å². The van der Waals surface area contributed by atoms with Crippen LogP contribution in [0.1, 0.15) is 0 Å². The Morgan fingerprint density at radius 1 is 0.846 bits per heavy atom. The van der Waals surface area contributed by atoms with Gasteiger partial charge in [-0.2, -0.15) is 0 Å². The average Bonchev–Trinajstić information content (AvgIpc) is 1.53. The summed E-state index contributed by atoms with van der Waals surface area (Å²) in [5.41, 5.74) is 13.5. The van der Waals surface area contributed by atoms with Gasteiger partial charge in [-0.25, -0.2) is 0 Å². The molecule has 0 heterocycles. The van der Waals surface area contributed by atoms with Gasteiger partial charge in [-0.15, -0.1) is 0 Å². The molecule has 0 aliphatic heterocycles. The zero-order valence-corrected chi connectivity index (χ0v) is 15.0. The molecular formula is C6H19KN4Si2. The normalized spacial score (nSPS) is 10.3. The summed E-state index contributed by atoms with van der Waals surface area (Å²) in [5, 5.41) is 0. The summed E-state index contributed by atoms with van der Waals surface area (Å²) in [5.74, 6) is 0. The maximum Gasteiger partial charge on any atom is 1.00 e. The molecule has 1 N–H and O–H groups in total. The Bertz CT molecular complexity index is 143. The maximum absolute atomic E-state index is 6.75. The zero-order chi connectivity index (χ0) is 10.4. The monoisotopic (exact) mass is 242 g/mol. The molecule has 0 fully saturated rings. The third kappa shape index (κ3) is 31.8. The summed E-state index contributed by atoms with van der Waals surface area (Å²) in [6.45, 7) is 14.1. The summed E-state index contributed by atoms with van der Waals surface area (Å²) in [7, 11) is -1.96. The first-order chi connectivity index (χ1) is 5.12. The Morgan fingerprint density at radius 2 is 1.00 bits per heavy atom. The van der Waals surface area contributed by atoms with Crippen molar-refractivity contribution in [1.29, 1.82) is 0 Å². The molecule has 72 valence electrons. The molecule has 0 bridgehead atoms. The number of rotatable bonds is 2. The molecule has 0 radical (unpaired) electrons. The first-order valence-corrected chi connectivity index (χ1v) is 10.9. The van der Waals surface area contributed by atoms with Gasteiger partial charge < -0.3 is 15.7 Å². The molecule has 7 heteroatoms. The van der Waals surface area contributed by atoms with Crippen LogP contribution in [-0.2, 0) is 0 Å². The van der Waals surface area contributed by atoms with Crippen molar-refractivity contribution in [3.63, 3.8) is 0 Å². The molecule has 0 saturated heterocycles. The van der Waals surface area contributed by atoms with Gasteiger partial charge in [-0.3, -0.25) is 4.91 Å². The van der Waals surface area contributed by atoms with Crippen molar-refractivity contribution in [3.8, 4) is 0 Å². The molecule has 0 aromatic heterocycles. The number of nitrogens with zero attached hydrogens (tertiary/aromatic N) is 3. The molecule has 0 aliphatic rings. The second-order valence-electron chi connectivity index (χ2n) is 4.71. The first-order valence-electron chi connectivity index (χ1n) is 3.90. The summed E-state index contributed by atoms with van der Waals surface area (Å²) >= 11 is 0. The van der Waals surface area contributed by atoms with Crippen LogP contribution in [0.2, 0.25) is 39.3 Å². The molecule has 0 amide bonds. The van der Waals surface area contributed by atoms with Gasteiger partial charge in [-0.05, 0) is 0 Å². The number of hydrogen-bond acceptors (Lipinski definition) is 1. The fourth-order valence-electron chi connectivity index (χ4n) is 1.12. The zero-order valence-electron chi connectivity index (χ0n) is 9.84. The van der Waals surface area contributed by atoms with E-state index in [1.54, 1.807) is 0 Å². The van der Waals surface area contributed by atoms with Gasteiger partial charge in [0, 0.05) is 0 Å². The average molecular weight is 243 g/mol. The van der Waals surface area contributed by atoms with E-state index >= 15 is 0 Å². The van der Waals surface area contributed by atoms with Crippen LogP contribution in [0.5, 0.6) is 0 Å². The van der Waals surface area contributed by atoms with E-state index in [0.29, 0.717) is 0 Å². The van der Waals surface area contributed by atoms with Crippen molar-refractivity contribution in [2.75, 3.05) is 0 Å². The van der Waals surface area contributed by atoms with Crippen molar-refractivity contribution in [1.82, 2.24) is 4.65 Å². The Labute approximate surface area is 126 Å². The largest absolute Gasteiger partial charge is 1.00 e. The molecule has 0 saturated carbocycles. The van der Waals surface area contributed by atoms with Crippen LogP contribution >= 0.6 is 0 Å². The predicted molar refractivity (Wildman–Crippen MR) is 59.9 cm³/mol. The third-order valence-corrected chi connectivity index (χ3v) is 6.75. The quantitative estimate of drug-likeness (QED) is 0.318. The number of hydrogen-bond donors (Lipinski definition) is 1. The predicted octanol–water partition coefficient (Wildman–Crippen LogP) is 0.116. The minimum Gasteiger partial charge on any atom is -0.373 e. The minimum atomic E-state index is -0.981. The topological polar surface area (TPSA) is 70.7 Å². The number of nitrogens with one attached hydrogen (secondary N) is 1. The second-order valence-corrected chi connectivity index (χ2v) is 14.7. The van der Waals surface area contributed by atoms with E-state index in [1.165, 1.54) is 4.91 Å². The van der Waals surface area contributed by atoms with Crippen LogP contribution in [0, 0.1) is 0 Å². The first kappa shape index (κ1) is 19.8. The van der Waals surface area contributed by atoms with E-state index in [4.69, 9.17) is 11.1 Å². The van der Waals surface area contributed by atoms with Gasteiger partial charge >= 0.3 is 51.4 Å². The molecular weight excluding hydrogens is 223 g/mol. The van der Waals surface area contributed by atoms with Crippen LogP contribution in [-0.4, -0.2) is 16.5 Å². The van der Waals surface area contributed by atoms with Crippen LogP contribution in [0.15, 0.2) is 0 Å². The standard InChI is InChI=1S/C6H19NSi2.K.N3/c1-8(2,3)7-9(4,5)6;;1-3-2/h7H,1-6H3;;/q;+1;-1. The van der Waals surface area contributed by atoms with Crippen molar-refractivity contribution in [2.45, 2.75) is 39.3 Å². The van der Waals surface area contributed by atoms with Crippen LogP contribution in [0.4, 0.5) is 0 Å². The van der Waals surface area contributed by atoms with Crippen molar-refractivity contribution < 1.29 is 51.4 Å². The van der Waals surface area contributed by atoms with Gasteiger partial charge in [0.15, 0.2) is 0 Å². The third-order valence-electron chi connectivity index (χ3n) is 0.750. The van der Waals surface area contributed by atoms with Crippen molar-refractivity contribution in [2.24, 2.45) is 0 Å². The van der Waals surface area contributed by atoms with Gasteiger partial charge in [0.2, 0.25) is 0 Å². The molecule has 4 nitrogen and oxygen atoms in total. The fraction of sp³-hybridized carbons (Fsp3) is 1.00. The molecule has 0 aliphatic carbocycles. The van der Waals surface area contributed by atoms with Crippen LogP contribution in [0.25, 0.3) is 16.0 Å². The summed E-state index contributed by atoms with van der Waals surface area (Å²) in [6.07, 6.45) is 0. The van der Waals surface area contributed by atoms with Gasteiger partial charge in [-0.1, -0.05) is 39.3 Å². The van der Waals surface area contributed by atoms with E-state index in [2.05, 4.69) is 43.9 Å². The molecule has 0 aromatic carbocycles. The molecule has 13 heavy (non-hydrogen) atoms. The molecule has 0 atom stereocenters. The molecule has 0 rings (SSSR count). The Hall–Kier alpha value is 1.34. The summed E-state index contributed by atoms with van der Waals surface area (Å²) in [6, 6.07) is 0.